The first kappa shape index (κ1) is 19.1. The third-order valence-electron chi connectivity index (χ3n) is 5.70. The Morgan fingerprint density at radius 1 is 0.862 bits per heavy atom. The van der Waals surface area contributed by atoms with Gasteiger partial charge in [0.25, 0.3) is 0 Å². The third kappa shape index (κ3) is 3.86. The van der Waals surface area contributed by atoms with E-state index in [-0.39, 0.29) is 5.78 Å². The number of carbonyl (C=O) groups is 1. The fourth-order valence-corrected chi connectivity index (χ4v) is 3.63. The third-order valence-corrected chi connectivity index (χ3v) is 5.70. The van der Waals surface area contributed by atoms with Gasteiger partial charge in [0.05, 0.1) is 11.3 Å². The van der Waals surface area contributed by atoms with E-state index >= 15 is 0 Å². The summed E-state index contributed by atoms with van der Waals surface area (Å²) in [6.45, 7) is 8.32. The summed E-state index contributed by atoms with van der Waals surface area (Å²) in [7, 11) is 0. The Hall–Kier alpha value is -3.21. The lowest BCUT2D eigenvalue weighted by molar-refractivity contribution is 0.0972. The molecule has 0 bridgehead atoms. The summed E-state index contributed by atoms with van der Waals surface area (Å²) in [6.07, 6.45) is 2.16. The first-order valence-corrected chi connectivity index (χ1v) is 10.0. The van der Waals surface area contributed by atoms with Gasteiger partial charge in [0.15, 0.2) is 5.78 Å². The first-order valence-electron chi connectivity index (χ1n) is 10.0. The van der Waals surface area contributed by atoms with E-state index in [1.165, 1.54) is 16.7 Å². The van der Waals surface area contributed by atoms with E-state index in [1.807, 2.05) is 18.2 Å². The Morgan fingerprint density at radius 3 is 2.48 bits per heavy atom. The molecule has 0 unspecified atom stereocenters. The Bertz CT molecular complexity index is 1100. The number of hydrogen-bond acceptors (Lipinski definition) is 5. The second-order valence-corrected chi connectivity index (χ2v) is 7.79. The normalized spacial score (nSPS) is 13.2. The number of nitrogens with zero attached hydrogens (tertiary/aromatic N) is 2. The Balaban J connectivity index is 1.76. The lowest BCUT2D eigenvalue weighted by atomic mass is 9.95. The molecule has 2 N–H and O–H groups in total. The van der Waals surface area contributed by atoms with Gasteiger partial charge < -0.3 is 10.6 Å². The predicted molar refractivity (Wildman–Crippen MR) is 118 cm³/mol. The standard InChI is InChI=1S/C24H26N4O/c1-14-11-12-18(13-16(14)3)25-24-27-20-9-6-10-21(29)22(20)23(28-24)26-19-8-5-7-15(2)17(19)4/h5,7-8,11-13H,6,9-10H2,1-4H3,(H2,25,26,27,28). The van der Waals surface area contributed by atoms with Crippen LogP contribution in [0.2, 0.25) is 0 Å². The average molecular weight is 386 g/mol. The van der Waals surface area contributed by atoms with Crippen LogP contribution < -0.4 is 10.6 Å². The smallest absolute Gasteiger partial charge is 0.229 e. The molecule has 1 heterocycles. The van der Waals surface area contributed by atoms with Gasteiger partial charge in [0.2, 0.25) is 5.95 Å². The van der Waals surface area contributed by atoms with Crippen molar-refractivity contribution in [3.8, 4) is 0 Å². The maximum absolute atomic E-state index is 12.7. The maximum atomic E-state index is 12.7. The summed E-state index contributed by atoms with van der Waals surface area (Å²) >= 11 is 0. The van der Waals surface area contributed by atoms with Crippen molar-refractivity contribution in [2.75, 3.05) is 10.6 Å². The summed E-state index contributed by atoms with van der Waals surface area (Å²) in [5.41, 5.74) is 8.12. The largest absolute Gasteiger partial charge is 0.339 e. The molecule has 0 fully saturated rings. The van der Waals surface area contributed by atoms with Crippen molar-refractivity contribution in [2.24, 2.45) is 0 Å². The number of hydrogen-bond donors (Lipinski definition) is 2. The average Bonchev–Trinajstić information content (AvgIpc) is 2.68. The number of anilines is 4. The Morgan fingerprint density at radius 2 is 1.69 bits per heavy atom. The second-order valence-electron chi connectivity index (χ2n) is 7.79. The van der Waals surface area contributed by atoms with Gasteiger partial charge in [-0.25, -0.2) is 4.98 Å². The van der Waals surface area contributed by atoms with Crippen LogP contribution in [0, 0.1) is 27.7 Å². The monoisotopic (exact) mass is 386 g/mol. The molecule has 0 amide bonds. The second kappa shape index (κ2) is 7.66. The predicted octanol–water partition coefficient (Wildman–Crippen LogP) is 5.72. The highest BCUT2D eigenvalue weighted by Gasteiger charge is 2.25. The molecule has 0 radical (unpaired) electrons. The van der Waals surface area contributed by atoms with Crippen LogP contribution in [0.15, 0.2) is 36.4 Å². The van der Waals surface area contributed by atoms with Gasteiger partial charge in [0.1, 0.15) is 5.82 Å². The molecule has 5 heteroatoms. The van der Waals surface area contributed by atoms with Crippen molar-refractivity contribution in [3.05, 3.63) is 69.9 Å². The van der Waals surface area contributed by atoms with Crippen molar-refractivity contribution in [2.45, 2.75) is 47.0 Å². The minimum atomic E-state index is 0.108. The van der Waals surface area contributed by atoms with Crippen LogP contribution in [0.25, 0.3) is 0 Å². The minimum Gasteiger partial charge on any atom is -0.339 e. The Labute approximate surface area is 171 Å². The minimum absolute atomic E-state index is 0.108. The summed E-state index contributed by atoms with van der Waals surface area (Å²) in [4.78, 5) is 22.0. The summed E-state index contributed by atoms with van der Waals surface area (Å²) in [5, 5.41) is 6.72. The molecule has 29 heavy (non-hydrogen) atoms. The van der Waals surface area contributed by atoms with E-state index in [0.717, 1.165) is 35.5 Å². The van der Waals surface area contributed by atoms with Crippen LogP contribution >= 0.6 is 0 Å². The van der Waals surface area contributed by atoms with Crippen molar-refractivity contribution in [3.63, 3.8) is 0 Å². The molecule has 0 aliphatic heterocycles. The molecular formula is C24H26N4O. The zero-order valence-corrected chi connectivity index (χ0v) is 17.4. The van der Waals surface area contributed by atoms with Crippen LogP contribution in [0.5, 0.6) is 0 Å². The van der Waals surface area contributed by atoms with Gasteiger partial charge in [-0.05, 0) is 81.0 Å². The van der Waals surface area contributed by atoms with E-state index in [2.05, 4.69) is 61.5 Å². The number of Topliss-reactive ketones (excluding diaryl/α,β-unsaturated/α-hetero) is 1. The van der Waals surface area contributed by atoms with Crippen molar-refractivity contribution in [1.29, 1.82) is 0 Å². The highest BCUT2D eigenvalue weighted by Crippen LogP contribution is 2.31. The molecule has 0 saturated heterocycles. The maximum Gasteiger partial charge on any atom is 0.229 e. The van der Waals surface area contributed by atoms with E-state index in [9.17, 15) is 4.79 Å². The van der Waals surface area contributed by atoms with Gasteiger partial charge in [-0.1, -0.05) is 18.2 Å². The number of benzene rings is 2. The molecule has 1 aromatic heterocycles. The molecule has 1 aliphatic carbocycles. The van der Waals surface area contributed by atoms with Crippen LogP contribution in [-0.4, -0.2) is 15.8 Å². The van der Waals surface area contributed by atoms with Crippen LogP contribution in [0.1, 0.15) is 51.1 Å². The lowest BCUT2D eigenvalue weighted by Gasteiger charge is -2.20. The Kier molecular flexibility index (Phi) is 5.05. The van der Waals surface area contributed by atoms with Gasteiger partial charge in [-0.15, -0.1) is 0 Å². The molecule has 4 rings (SSSR count). The SMILES string of the molecule is Cc1ccc(Nc2nc3c(c(Nc4cccc(C)c4C)n2)C(=O)CCC3)cc1C. The molecule has 0 saturated carbocycles. The molecule has 0 atom stereocenters. The number of nitrogens with one attached hydrogen (secondary N) is 2. The highest BCUT2D eigenvalue weighted by atomic mass is 16.1. The number of ketones is 1. The van der Waals surface area contributed by atoms with Gasteiger partial charge >= 0.3 is 0 Å². The summed E-state index contributed by atoms with van der Waals surface area (Å²) in [5.74, 6) is 1.20. The fourth-order valence-electron chi connectivity index (χ4n) is 3.63. The molecule has 2 aromatic carbocycles. The first-order chi connectivity index (χ1) is 13.9. The molecule has 148 valence electrons. The molecule has 0 spiro atoms. The molecule has 5 nitrogen and oxygen atoms in total. The van der Waals surface area contributed by atoms with Gasteiger partial charge in [0, 0.05) is 17.8 Å². The zero-order chi connectivity index (χ0) is 20.5. The molecular weight excluding hydrogens is 360 g/mol. The van der Waals surface area contributed by atoms with E-state index < -0.39 is 0 Å². The number of rotatable bonds is 4. The lowest BCUT2D eigenvalue weighted by Crippen LogP contribution is -2.18. The number of aromatic nitrogens is 2. The van der Waals surface area contributed by atoms with Crippen molar-refractivity contribution >= 4 is 28.9 Å². The van der Waals surface area contributed by atoms with Crippen LogP contribution in [-0.2, 0) is 6.42 Å². The molecule has 1 aliphatic rings. The van der Waals surface area contributed by atoms with Crippen molar-refractivity contribution < 1.29 is 4.79 Å². The van der Waals surface area contributed by atoms with Gasteiger partial charge in [-0.3, -0.25) is 4.79 Å². The van der Waals surface area contributed by atoms with E-state index in [4.69, 9.17) is 4.98 Å². The van der Waals surface area contributed by atoms with E-state index in [0.29, 0.717) is 23.8 Å². The number of fused-ring (bicyclic) bond motifs is 1. The number of aryl methyl sites for hydroxylation is 4. The van der Waals surface area contributed by atoms with E-state index in [1.54, 1.807) is 0 Å². The topological polar surface area (TPSA) is 66.9 Å². The van der Waals surface area contributed by atoms with Crippen LogP contribution in [0.3, 0.4) is 0 Å². The van der Waals surface area contributed by atoms with Gasteiger partial charge in [-0.2, -0.15) is 4.98 Å². The van der Waals surface area contributed by atoms with Crippen molar-refractivity contribution in [1.82, 2.24) is 9.97 Å². The fraction of sp³-hybridized carbons (Fsp3) is 0.292. The summed E-state index contributed by atoms with van der Waals surface area (Å²) < 4.78 is 0. The summed E-state index contributed by atoms with van der Waals surface area (Å²) in [6, 6.07) is 12.3. The molecule has 3 aromatic rings. The quantitative estimate of drug-likeness (QED) is 0.600. The zero-order valence-electron chi connectivity index (χ0n) is 17.4. The number of carbonyl (C=O) groups excluding carboxylic acids is 1. The van der Waals surface area contributed by atoms with Crippen LogP contribution in [0.4, 0.5) is 23.1 Å². The highest BCUT2D eigenvalue weighted by molar-refractivity contribution is 6.03.